The normalized spacial score (nSPS) is 20.5. The molecule has 0 unspecified atom stereocenters. The van der Waals surface area contributed by atoms with Gasteiger partial charge in [0.15, 0.2) is 5.78 Å². The second-order valence-corrected chi connectivity index (χ2v) is 3.27. The van der Waals surface area contributed by atoms with E-state index in [1.807, 2.05) is 0 Å². The molecule has 0 spiro atoms. The predicted molar refractivity (Wildman–Crippen MR) is 36.2 cm³/mol. The van der Waals surface area contributed by atoms with E-state index in [-0.39, 0.29) is 10.8 Å². The summed E-state index contributed by atoms with van der Waals surface area (Å²) in [5.74, 6) is 0.333. The first kappa shape index (κ1) is 6.46. The molecule has 0 saturated heterocycles. The van der Waals surface area contributed by atoms with Crippen molar-refractivity contribution in [1.82, 2.24) is 0 Å². The van der Waals surface area contributed by atoms with Crippen LogP contribution in [0.2, 0.25) is 0 Å². The maximum atomic E-state index is 10.5. The lowest BCUT2D eigenvalue weighted by Gasteiger charge is -1.79. The number of halogens is 2. The van der Waals surface area contributed by atoms with Crippen LogP contribution in [-0.4, -0.2) is 11.5 Å². The van der Waals surface area contributed by atoms with Crippen LogP contribution in [0.1, 0.15) is 0 Å². The summed E-state index contributed by atoms with van der Waals surface area (Å²) >= 11 is 12.1. The second kappa shape index (κ2) is 2.29. The lowest BCUT2D eigenvalue weighted by atomic mass is 10.4. The molecule has 1 aliphatic rings. The van der Waals surface area contributed by atoms with Gasteiger partial charge in [-0.1, -0.05) is 23.2 Å². The van der Waals surface area contributed by atoms with Gasteiger partial charge in [0.25, 0.3) is 0 Å². The van der Waals surface area contributed by atoms with Gasteiger partial charge < -0.3 is 0 Å². The molecule has 0 N–H and O–H groups in total. The molecule has 0 saturated carbocycles. The Bertz CT molecular complexity index is 163. The average Bonchev–Trinajstić information content (AvgIpc) is 1.98. The predicted octanol–water partition coefficient (Wildman–Crippen LogP) is 1.95. The van der Waals surface area contributed by atoms with Crippen LogP contribution < -0.4 is 0 Å². The number of hydrogen-bond acceptors (Lipinski definition) is 2. The SMILES string of the molecule is O=C1CSC(Cl)=C1Cl. The Morgan fingerprint density at radius 3 is 2.25 bits per heavy atom. The summed E-state index contributed by atoms with van der Waals surface area (Å²) in [6.45, 7) is 0. The topological polar surface area (TPSA) is 17.1 Å². The highest BCUT2D eigenvalue weighted by atomic mass is 35.5. The van der Waals surface area contributed by atoms with Crippen LogP contribution >= 0.6 is 35.0 Å². The molecule has 4 heteroatoms. The van der Waals surface area contributed by atoms with Gasteiger partial charge in [0.1, 0.15) is 5.03 Å². The number of carbonyl (C=O) groups excluding carboxylic acids is 1. The van der Waals surface area contributed by atoms with Crippen molar-refractivity contribution in [3.63, 3.8) is 0 Å². The zero-order valence-corrected chi connectivity index (χ0v) is 6.11. The molecule has 0 aromatic rings. The van der Waals surface area contributed by atoms with Crippen LogP contribution in [0.3, 0.4) is 0 Å². The molecule has 1 nitrogen and oxygen atoms in total. The number of allylic oxidation sites excluding steroid dienone is 1. The second-order valence-electron chi connectivity index (χ2n) is 1.30. The number of thioether (sulfide) groups is 1. The molecule has 0 bridgehead atoms. The number of hydrogen-bond donors (Lipinski definition) is 0. The third-order valence-corrected chi connectivity index (χ3v) is 2.74. The molecule has 44 valence electrons. The third-order valence-electron chi connectivity index (χ3n) is 0.747. The van der Waals surface area contributed by atoms with Crippen molar-refractivity contribution in [3.8, 4) is 0 Å². The highest BCUT2D eigenvalue weighted by molar-refractivity contribution is 8.05. The number of ketones is 1. The molecule has 0 amide bonds. The number of Topliss-reactive ketones (excluding diaryl/α,β-unsaturated/α-hetero) is 1. The summed E-state index contributed by atoms with van der Waals surface area (Å²) in [5, 5.41) is 0.191. The Hall–Kier alpha value is 0.340. The van der Waals surface area contributed by atoms with Crippen molar-refractivity contribution >= 4 is 40.7 Å². The van der Waals surface area contributed by atoms with Crippen molar-refractivity contribution < 1.29 is 4.79 Å². The fourth-order valence-electron chi connectivity index (χ4n) is 0.365. The molecule has 1 aliphatic heterocycles. The molecule has 0 aliphatic carbocycles. The van der Waals surface area contributed by atoms with Gasteiger partial charge in [-0.05, 0) is 0 Å². The maximum absolute atomic E-state index is 10.5. The zero-order chi connectivity index (χ0) is 6.15. The monoisotopic (exact) mass is 168 g/mol. The summed E-state index contributed by atoms with van der Waals surface area (Å²) in [6.07, 6.45) is 0. The van der Waals surface area contributed by atoms with E-state index >= 15 is 0 Å². The van der Waals surface area contributed by atoms with E-state index in [4.69, 9.17) is 23.2 Å². The van der Waals surface area contributed by atoms with Gasteiger partial charge >= 0.3 is 0 Å². The van der Waals surface area contributed by atoms with Crippen molar-refractivity contribution in [2.24, 2.45) is 0 Å². The first-order valence-electron chi connectivity index (χ1n) is 1.93. The largest absolute Gasteiger partial charge is 0.292 e. The van der Waals surface area contributed by atoms with Gasteiger partial charge in [-0.2, -0.15) is 0 Å². The lowest BCUT2D eigenvalue weighted by molar-refractivity contribution is -0.112. The summed E-state index contributed by atoms with van der Waals surface area (Å²) in [4.78, 5) is 10.5. The molecule has 0 aromatic heterocycles. The van der Waals surface area contributed by atoms with Crippen LogP contribution in [0.4, 0.5) is 0 Å². The van der Waals surface area contributed by atoms with Crippen LogP contribution in [0.15, 0.2) is 9.40 Å². The summed E-state index contributed by atoms with van der Waals surface area (Å²) in [6, 6.07) is 0. The number of rotatable bonds is 0. The zero-order valence-electron chi connectivity index (χ0n) is 3.78. The first-order valence-corrected chi connectivity index (χ1v) is 3.67. The molecular weight excluding hydrogens is 167 g/mol. The molecule has 8 heavy (non-hydrogen) atoms. The first-order chi connectivity index (χ1) is 3.72. The highest BCUT2D eigenvalue weighted by Gasteiger charge is 2.19. The van der Waals surface area contributed by atoms with Crippen molar-refractivity contribution in [1.29, 1.82) is 0 Å². The Kier molecular flexibility index (Phi) is 1.85. The van der Waals surface area contributed by atoms with Crippen LogP contribution in [0, 0.1) is 0 Å². The maximum Gasteiger partial charge on any atom is 0.186 e. The Balaban J connectivity index is 2.86. The van der Waals surface area contributed by atoms with E-state index < -0.39 is 0 Å². The summed E-state index contributed by atoms with van der Waals surface area (Å²) in [5.41, 5.74) is 0. The van der Waals surface area contributed by atoms with Crippen molar-refractivity contribution in [2.45, 2.75) is 0 Å². The van der Waals surface area contributed by atoms with Gasteiger partial charge in [0.2, 0.25) is 0 Å². The number of carbonyl (C=O) groups is 1. The van der Waals surface area contributed by atoms with Crippen LogP contribution in [0.25, 0.3) is 0 Å². The quantitative estimate of drug-likeness (QED) is 0.551. The molecule has 1 rings (SSSR count). The fraction of sp³-hybridized carbons (Fsp3) is 0.250. The van der Waals surface area contributed by atoms with E-state index in [1.54, 1.807) is 0 Å². The Labute approximate surface area is 61.0 Å². The molecule has 0 radical (unpaired) electrons. The van der Waals surface area contributed by atoms with Crippen LogP contribution in [0.5, 0.6) is 0 Å². The Morgan fingerprint density at radius 1 is 1.50 bits per heavy atom. The lowest BCUT2D eigenvalue weighted by Crippen LogP contribution is -1.92. The minimum Gasteiger partial charge on any atom is -0.292 e. The van der Waals surface area contributed by atoms with E-state index in [1.165, 1.54) is 11.8 Å². The molecular formula is C4H2Cl2OS. The third kappa shape index (κ3) is 1.02. The molecule has 0 atom stereocenters. The molecule has 1 heterocycles. The van der Waals surface area contributed by atoms with Gasteiger partial charge in [0, 0.05) is 0 Å². The fourth-order valence-corrected chi connectivity index (χ4v) is 1.59. The standard InChI is InChI=1S/C4H2Cl2OS/c5-3-2(7)1-8-4(3)6/h1H2. The van der Waals surface area contributed by atoms with Crippen LogP contribution in [-0.2, 0) is 4.79 Å². The van der Waals surface area contributed by atoms with Gasteiger partial charge in [-0.25, -0.2) is 0 Å². The minimum atomic E-state index is -0.0679. The van der Waals surface area contributed by atoms with Gasteiger partial charge in [0.05, 0.1) is 10.1 Å². The summed E-state index contributed by atoms with van der Waals surface area (Å²) < 4.78 is 0.427. The molecule has 0 aromatic carbocycles. The van der Waals surface area contributed by atoms with E-state index in [0.717, 1.165) is 0 Å². The van der Waals surface area contributed by atoms with E-state index in [2.05, 4.69) is 0 Å². The van der Waals surface area contributed by atoms with E-state index in [0.29, 0.717) is 10.1 Å². The average molecular weight is 169 g/mol. The smallest absolute Gasteiger partial charge is 0.186 e. The van der Waals surface area contributed by atoms with Crippen molar-refractivity contribution in [2.75, 3.05) is 5.75 Å². The van der Waals surface area contributed by atoms with Gasteiger partial charge in [-0.15, -0.1) is 11.8 Å². The van der Waals surface area contributed by atoms with Crippen molar-refractivity contribution in [3.05, 3.63) is 9.40 Å². The van der Waals surface area contributed by atoms with Gasteiger partial charge in [-0.3, -0.25) is 4.79 Å². The highest BCUT2D eigenvalue weighted by Crippen LogP contribution is 2.33. The Morgan fingerprint density at radius 2 is 2.12 bits per heavy atom. The minimum absolute atomic E-state index is 0.0679. The summed E-state index contributed by atoms with van der Waals surface area (Å²) in [7, 11) is 0. The molecule has 0 fully saturated rings. The van der Waals surface area contributed by atoms with E-state index in [9.17, 15) is 4.79 Å².